The summed E-state index contributed by atoms with van der Waals surface area (Å²) in [6.07, 6.45) is 0. The summed E-state index contributed by atoms with van der Waals surface area (Å²) < 4.78 is 4.56. The molecule has 8 heavy (non-hydrogen) atoms. The second-order valence-corrected chi connectivity index (χ2v) is 1.67. The number of rotatable bonds is 0. The smallest absolute Gasteiger partial charge is 0.282 e. The fraction of sp³-hybridized carbons (Fsp3) is 0.333. The molecule has 5 heteroatoms. The van der Waals surface area contributed by atoms with Crippen molar-refractivity contribution in [3.05, 3.63) is 0 Å². The molecular weight excluding hydrogens is 128 g/mol. The molecule has 1 fully saturated rings. The Morgan fingerprint density at radius 2 is 2.50 bits per heavy atom. The lowest BCUT2D eigenvalue weighted by Crippen LogP contribution is -2.35. The quantitative estimate of drug-likeness (QED) is 0.261. The van der Waals surface area contributed by atoms with Crippen molar-refractivity contribution in [2.45, 2.75) is 0 Å². The minimum atomic E-state index is -0.296. The molecule has 1 rings (SSSR count). The van der Waals surface area contributed by atoms with Crippen LogP contribution in [0.25, 0.3) is 0 Å². The Morgan fingerprint density at radius 3 is 2.62 bits per heavy atom. The van der Waals surface area contributed by atoms with Crippen molar-refractivity contribution in [3.8, 4) is 0 Å². The van der Waals surface area contributed by atoms with Crippen LogP contribution in [0.5, 0.6) is 0 Å². The number of hydrogen-bond acceptors (Lipinski definition) is 4. The molecule has 0 aromatic rings. The van der Waals surface area contributed by atoms with Crippen molar-refractivity contribution < 1.29 is 9.53 Å². The molecule has 44 valence electrons. The SMILES string of the molecule is NN1C(=O)COC1=S. The first-order valence-electron chi connectivity index (χ1n) is 1.96. The van der Waals surface area contributed by atoms with E-state index >= 15 is 0 Å². The van der Waals surface area contributed by atoms with E-state index in [4.69, 9.17) is 5.84 Å². The van der Waals surface area contributed by atoms with Crippen LogP contribution in [0.2, 0.25) is 0 Å². The molecule has 1 saturated heterocycles. The highest BCUT2D eigenvalue weighted by molar-refractivity contribution is 7.80. The standard InChI is InChI=1S/C3H4N2O2S/c4-5-2(6)1-7-3(5)8/h1,4H2. The number of thiocarbonyl (C=S) groups is 1. The maximum atomic E-state index is 10.4. The van der Waals surface area contributed by atoms with E-state index in [0.29, 0.717) is 0 Å². The first-order valence-corrected chi connectivity index (χ1v) is 2.37. The number of amides is 1. The summed E-state index contributed by atoms with van der Waals surface area (Å²) in [6, 6.07) is 0. The highest BCUT2D eigenvalue weighted by atomic mass is 32.1. The zero-order valence-electron chi connectivity index (χ0n) is 3.96. The van der Waals surface area contributed by atoms with Gasteiger partial charge in [-0.15, -0.1) is 0 Å². The molecule has 0 bridgehead atoms. The van der Waals surface area contributed by atoms with Crippen LogP contribution < -0.4 is 5.84 Å². The first-order chi connectivity index (χ1) is 3.72. The molecule has 0 radical (unpaired) electrons. The number of hydrogen-bond donors (Lipinski definition) is 1. The molecule has 1 aliphatic heterocycles. The summed E-state index contributed by atoms with van der Waals surface area (Å²) in [7, 11) is 0. The van der Waals surface area contributed by atoms with Gasteiger partial charge in [0.25, 0.3) is 11.1 Å². The summed E-state index contributed by atoms with van der Waals surface area (Å²) >= 11 is 4.48. The Morgan fingerprint density at radius 1 is 1.88 bits per heavy atom. The molecule has 0 aliphatic carbocycles. The van der Waals surface area contributed by atoms with Gasteiger partial charge in [-0.25, -0.2) is 10.9 Å². The highest BCUT2D eigenvalue weighted by Gasteiger charge is 2.23. The van der Waals surface area contributed by atoms with Crippen LogP contribution in [0.4, 0.5) is 0 Å². The van der Waals surface area contributed by atoms with Gasteiger partial charge in [-0.3, -0.25) is 4.79 Å². The summed E-state index contributed by atoms with van der Waals surface area (Å²) in [5.74, 6) is 4.74. The molecule has 0 spiro atoms. The number of nitrogens with two attached hydrogens (primary N) is 1. The van der Waals surface area contributed by atoms with Crippen LogP contribution in [0, 0.1) is 0 Å². The van der Waals surface area contributed by atoms with Crippen molar-refractivity contribution in [3.63, 3.8) is 0 Å². The first kappa shape index (κ1) is 5.46. The molecule has 2 N–H and O–H groups in total. The van der Waals surface area contributed by atoms with Gasteiger partial charge in [0.15, 0.2) is 6.61 Å². The van der Waals surface area contributed by atoms with Crippen molar-refractivity contribution in [2.75, 3.05) is 6.61 Å². The molecule has 1 amide bonds. The molecule has 0 saturated carbocycles. The summed E-state index contributed by atoms with van der Waals surface area (Å²) in [4.78, 5) is 10.4. The topological polar surface area (TPSA) is 55.6 Å². The van der Waals surface area contributed by atoms with E-state index in [-0.39, 0.29) is 17.7 Å². The molecule has 0 atom stereocenters. The van der Waals surface area contributed by atoms with Crippen LogP contribution in [-0.2, 0) is 9.53 Å². The maximum absolute atomic E-state index is 10.4. The molecule has 1 aliphatic rings. The van der Waals surface area contributed by atoms with Crippen LogP contribution in [-0.4, -0.2) is 22.7 Å². The van der Waals surface area contributed by atoms with Gasteiger partial charge in [-0.2, -0.15) is 0 Å². The molecule has 0 aromatic carbocycles. The highest BCUT2D eigenvalue weighted by Crippen LogP contribution is 1.97. The van der Waals surface area contributed by atoms with Crippen molar-refractivity contribution in [1.29, 1.82) is 0 Å². The zero-order valence-corrected chi connectivity index (χ0v) is 4.77. The monoisotopic (exact) mass is 132 g/mol. The molecule has 4 nitrogen and oxygen atoms in total. The number of carbonyl (C=O) groups excluding carboxylic acids is 1. The molecule has 0 aromatic heterocycles. The van der Waals surface area contributed by atoms with E-state index in [0.717, 1.165) is 5.01 Å². The number of carbonyl (C=O) groups is 1. The average Bonchev–Trinajstić information content (AvgIpc) is 1.98. The third-order valence-corrected chi connectivity index (χ3v) is 1.10. The van der Waals surface area contributed by atoms with Crippen molar-refractivity contribution in [2.24, 2.45) is 5.84 Å². The van der Waals surface area contributed by atoms with E-state index in [1.165, 1.54) is 0 Å². The largest absolute Gasteiger partial charge is 0.460 e. The minimum Gasteiger partial charge on any atom is -0.460 e. The molecule has 0 unspecified atom stereocenters. The summed E-state index contributed by atoms with van der Waals surface area (Å²) in [6.45, 7) is -0.0185. The van der Waals surface area contributed by atoms with Gasteiger partial charge in [0, 0.05) is 0 Å². The van der Waals surface area contributed by atoms with Gasteiger partial charge >= 0.3 is 0 Å². The second kappa shape index (κ2) is 1.68. The average molecular weight is 132 g/mol. The van der Waals surface area contributed by atoms with Crippen LogP contribution in [0.1, 0.15) is 0 Å². The predicted octanol–water partition coefficient (Wildman–Crippen LogP) is -0.996. The van der Waals surface area contributed by atoms with E-state index in [1.807, 2.05) is 0 Å². The second-order valence-electron chi connectivity index (χ2n) is 1.32. The van der Waals surface area contributed by atoms with Gasteiger partial charge in [-0.05, 0) is 12.2 Å². The Balaban J connectivity index is 2.70. The van der Waals surface area contributed by atoms with Crippen LogP contribution in [0.3, 0.4) is 0 Å². The fourth-order valence-electron chi connectivity index (χ4n) is 0.364. The third-order valence-electron chi connectivity index (χ3n) is 0.785. The minimum absolute atomic E-state index is 0.0185. The van der Waals surface area contributed by atoms with E-state index in [9.17, 15) is 4.79 Å². The fourth-order valence-corrected chi connectivity index (χ4v) is 0.525. The van der Waals surface area contributed by atoms with Crippen molar-refractivity contribution >= 4 is 23.3 Å². The lowest BCUT2D eigenvalue weighted by molar-refractivity contribution is -0.125. The Bertz CT molecular complexity index is 130. The van der Waals surface area contributed by atoms with E-state index in [1.54, 1.807) is 0 Å². The van der Waals surface area contributed by atoms with Gasteiger partial charge in [0.1, 0.15) is 0 Å². The van der Waals surface area contributed by atoms with Crippen molar-refractivity contribution in [1.82, 2.24) is 5.01 Å². The third kappa shape index (κ3) is 0.654. The predicted molar refractivity (Wildman–Crippen MR) is 29.6 cm³/mol. The molecule has 1 heterocycles. The Hall–Kier alpha value is -0.680. The number of ether oxygens (including phenoxy) is 1. The van der Waals surface area contributed by atoms with Crippen LogP contribution >= 0.6 is 12.2 Å². The van der Waals surface area contributed by atoms with E-state index in [2.05, 4.69) is 17.0 Å². The number of nitrogens with zero attached hydrogens (tertiary/aromatic N) is 1. The zero-order chi connectivity index (χ0) is 6.15. The molecular formula is C3H4N2O2S. The lowest BCUT2D eigenvalue weighted by Gasteiger charge is -2.00. The summed E-state index contributed by atoms with van der Waals surface area (Å²) in [5, 5.41) is 0.866. The van der Waals surface area contributed by atoms with Gasteiger partial charge in [0.05, 0.1) is 0 Å². The Labute approximate surface area is 51.2 Å². The normalized spacial score (nSPS) is 19.4. The van der Waals surface area contributed by atoms with Crippen LogP contribution in [0.15, 0.2) is 0 Å². The van der Waals surface area contributed by atoms with E-state index < -0.39 is 0 Å². The maximum Gasteiger partial charge on any atom is 0.282 e. The number of hydrazine groups is 1. The lowest BCUT2D eigenvalue weighted by atomic mass is 10.7. The summed E-state index contributed by atoms with van der Waals surface area (Å²) in [5.41, 5.74) is 0. The van der Waals surface area contributed by atoms with Gasteiger partial charge in [-0.1, -0.05) is 0 Å². The van der Waals surface area contributed by atoms with Gasteiger partial charge in [0.2, 0.25) is 0 Å². The Kier molecular flexibility index (Phi) is 1.15. The van der Waals surface area contributed by atoms with Gasteiger partial charge < -0.3 is 4.74 Å².